The molecular formula is C21H18N4O2. The van der Waals surface area contributed by atoms with Gasteiger partial charge in [-0.25, -0.2) is 0 Å². The molecule has 0 aliphatic rings. The van der Waals surface area contributed by atoms with Crippen LogP contribution in [0, 0.1) is 11.3 Å². The minimum Gasteiger partial charge on any atom is -0.365 e. The third-order valence-corrected chi connectivity index (χ3v) is 4.15. The second-order valence-electron chi connectivity index (χ2n) is 6.03. The molecule has 0 spiro atoms. The van der Waals surface area contributed by atoms with Gasteiger partial charge in [0, 0.05) is 29.2 Å². The molecule has 134 valence electrons. The molecule has 27 heavy (non-hydrogen) atoms. The monoisotopic (exact) mass is 358 g/mol. The van der Waals surface area contributed by atoms with Crippen molar-refractivity contribution in [1.82, 2.24) is 9.88 Å². The summed E-state index contributed by atoms with van der Waals surface area (Å²) < 4.78 is 1.79. The van der Waals surface area contributed by atoms with Crippen molar-refractivity contribution in [3.63, 3.8) is 0 Å². The lowest BCUT2D eigenvalue weighted by Crippen LogP contribution is -2.26. The summed E-state index contributed by atoms with van der Waals surface area (Å²) in [5, 5.41) is 12.8. The maximum absolute atomic E-state index is 12.4. The first-order valence-electron chi connectivity index (χ1n) is 8.38. The van der Waals surface area contributed by atoms with E-state index in [-0.39, 0.29) is 18.0 Å². The summed E-state index contributed by atoms with van der Waals surface area (Å²) in [7, 11) is 0. The number of nitrogens with zero attached hydrogens (tertiary/aromatic N) is 2. The quantitative estimate of drug-likeness (QED) is 0.522. The van der Waals surface area contributed by atoms with Gasteiger partial charge in [-0.2, -0.15) is 5.26 Å². The van der Waals surface area contributed by atoms with Gasteiger partial charge in [0.1, 0.15) is 18.2 Å². The van der Waals surface area contributed by atoms with Crippen molar-refractivity contribution in [3.8, 4) is 6.07 Å². The van der Waals surface area contributed by atoms with Gasteiger partial charge in [0.15, 0.2) is 0 Å². The van der Waals surface area contributed by atoms with Crippen LogP contribution in [0.1, 0.15) is 11.1 Å². The van der Waals surface area contributed by atoms with E-state index in [0.29, 0.717) is 12.1 Å². The molecule has 6 heteroatoms. The normalized spacial score (nSPS) is 11.1. The number of nitrogens with one attached hydrogen (secondary N) is 1. The highest BCUT2D eigenvalue weighted by Crippen LogP contribution is 2.23. The van der Waals surface area contributed by atoms with E-state index < -0.39 is 5.91 Å². The van der Waals surface area contributed by atoms with Crippen LogP contribution >= 0.6 is 0 Å². The van der Waals surface area contributed by atoms with Gasteiger partial charge in [-0.3, -0.25) is 9.59 Å². The molecule has 2 amide bonds. The first kappa shape index (κ1) is 18.0. The van der Waals surface area contributed by atoms with Gasteiger partial charge < -0.3 is 15.6 Å². The van der Waals surface area contributed by atoms with E-state index in [0.717, 1.165) is 16.5 Å². The lowest BCUT2D eigenvalue weighted by atomic mass is 10.1. The molecule has 0 saturated carbocycles. The molecule has 0 atom stereocenters. The summed E-state index contributed by atoms with van der Waals surface area (Å²) >= 11 is 0. The van der Waals surface area contributed by atoms with Crippen LogP contribution in [0.5, 0.6) is 0 Å². The molecule has 3 N–H and O–H groups in total. The van der Waals surface area contributed by atoms with Gasteiger partial charge in [-0.1, -0.05) is 48.5 Å². The summed E-state index contributed by atoms with van der Waals surface area (Å²) in [4.78, 5) is 23.7. The Labute approximate surface area is 156 Å². The predicted octanol–water partition coefficient (Wildman–Crippen LogP) is 2.35. The van der Waals surface area contributed by atoms with Gasteiger partial charge in [0.05, 0.1) is 0 Å². The molecule has 2 aromatic carbocycles. The third-order valence-electron chi connectivity index (χ3n) is 4.15. The highest BCUT2D eigenvalue weighted by Gasteiger charge is 2.12. The number of fused-ring (bicyclic) bond motifs is 1. The maximum Gasteiger partial charge on any atom is 0.259 e. The first-order chi connectivity index (χ1) is 13.1. The second-order valence-corrected chi connectivity index (χ2v) is 6.03. The smallest absolute Gasteiger partial charge is 0.259 e. The highest BCUT2D eigenvalue weighted by molar-refractivity contribution is 6.03. The summed E-state index contributed by atoms with van der Waals surface area (Å²) in [5.74, 6) is -0.916. The van der Waals surface area contributed by atoms with Gasteiger partial charge in [-0.05, 0) is 17.7 Å². The molecule has 0 aliphatic carbocycles. The number of aromatic nitrogens is 1. The number of amides is 2. The van der Waals surface area contributed by atoms with E-state index in [4.69, 9.17) is 11.0 Å². The number of hydrogen-bond acceptors (Lipinski definition) is 3. The molecule has 0 fully saturated rings. The number of primary amides is 1. The number of rotatable bonds is 6. The van der Waals surface area contributed by atoms with Crippen LogP contribution in [-0.2, 0) is 22.7 Å². The lowest BCUT2D eigenvalue weighted by molar-refractivity contribution is -0.121. The predicted molar refractivity (Wildman–Crippen MR) is 103 cm³/mol. The van der Waals surface area contributed by atoms with Gasteiger partial charge in [-0.15, -0.1) is 0 Å². The summed E-state index contributed by atoms with van der Waals surface area (Å²) in [5.41, 5.74) is 7.61. The Bertz CT molecular complexity index is 1060. The van der Waals surface area contributed by atoms with Gasteiger partial charge >= 0.3 is 0 Å². The standard InChI is InChI=1S/C21H18N4O2/c22-11-16(21(23)27)10-17-13-25(19-9-5-4-8-18(17)19)14-20(26)24-12-15-6-2-1-3-7-15/h1-10,13H,12,14H2,(H2,23,27)(H,24,26). The molecule has 0 radical (unpaired) electrons. The van der Waals surface area contributed by atoms with Crippen molar-refractivity contribution in [3.05, 3.63) is 77.5 Å². The second kappa shape index (κ2) is 8.02. The number of carbonyl (C=O) groups excluding carboxylic acids is 2. The van der Waals surface area contributed by atoms with Crippen LogP contribution in [0.4, 0.5) is 0 Å². The zero-order chi connectivity index (χ0) is 19.2. The van der Waals surface area contributed by atoms with Crippen LogP contribution in [0.15, 0.2) is 66.4 Å². The topological polar surface area (TPSA) is 101 Å². The van der Waals surface area contributed by atoms with Crippen molar-refractivity contribution in [2.24, 2.45) is 5.73 Å². The summed E-state index contributed by atoms with van der Waals surface area (Å²) in [6, 6.07) is 18.9. The summed E-state index contributed by atoms with van der Waals surface area (Å²) in [6.45, 7) is 0.575. The van der Waals surface area contributed by atoms with E-state index in [1.807, 2.05) is 54.6 Å². The average Bonchev–Trinajstić information content (AvgIpc) is 3.02. The average molecular weight is 358 g/mol. The fourth-order valence-electron chi connectivity index (χ4n) is 2.84. The van der Waals surface area contributed by atoms with Crippen LogP contribution in [0.2, 0.25) is 0 Å². The molecular weight excluding hydrogens is 340 g/mol. The minimum atomic E-state index is -0.782. The van der Waals surface area contributed by atoms with Crippen molar-refractivity contribution in [2.45, 2.75) is 13.1 Å². The fraction of sp³-hybridized carbons (Fsp3) is 0.0952. The Kier molecular flexibility index (Phi) is 5.33. The Balaban J connectivity index is 1.84. The molecule has 1 heterocycles. The third kappa shape index (κ3) is 4.22. The molecule has 0 unspecified atom stereocenters. The highest BCUT2D eigenvalue weighted by atomic mass is 16.2. The number of para-hydroxylation sites is 1. The van der Waals surface area contributed by atoms with Crippen LogP contribution in [0.25, 0.3) is 17.0 Å². The summed E-state index contributed by atoms with van der Waals surface area (Å²) in [6.07, 6.45) is 3.19. The van der Waals surface area contributed by atoms with E-state index in [9.17, 15) is 9.59 Å². The van der Waals surface area contributed by atoms with Crippen molar-refractivity contribution < 1.29 is 9.59 Å². The maximum atomic E-state index is 12.4. The fourth-order valence-corrected chi connectivity index (χ4v) is 2.84. The Morgan fingerprint density at radius 1 is 1.11 bits per heavy atom. The van der Waals surface area contributed by atoms with Gasteiger partial charge in [0.25, 0.3) is 5.91 Å². The minimum absolute atomic E-state index is 0.125. The lowest BCUT2D eigenvalue weighted by Gasteiger charge is -2.07. The molecule has 6 nitrogen and oxygen atoms in total. The number of benzene rings is 2. The molecule has 1 aromatic heterocycles. The van der Waals surface area contributed by atoms with E-state index in [1.165, 1.54) is 6.08 Å². The van der Waals surface area contributed by atoms with Crippen LogP contribution in [-0.4, -0.2) is 16.4 Å². The molecule has 0 saturated heterocycles. The van der Waals surface area contributed by atoms with Crippen LogP contribution < -0.4 is 11.1 Å². The Morgan fingerprint density at radius 2 is 1.81 bits per heavy atom. The van der Waals surface area contributed by atoms with Crippen LogP contribution in [0.3, 0.4) is 0 Å². The zero-order valence-corrected chi connectivity index (χ0v) is 14.6. The molecule has 3 rings (SSSR count). The number of nitriles is 1. The molecule has 0 aliphatic heterocycles. The van der Waals surface area contributed by atoms with Gasteiger partial charge in [0.2, 0.25) is 5.91 Å². The zero-order valence-electron chi connectivity index (χ0n) is 14.6. The number of nitrogens with two attached hydrogens (primary N) is 1. The van der Waals surface area contributed by atoms with Crippen molar-refractivity contribution in [2.75, 3.05) is 0 Å². The number of hydrogen-bond donors (Lipinski definition) is 2. The Hall–Kier alpha value is -3.85. The van der Waals surface area contributed by atoms with E-state index >= 15 is 0 Å². The first-order valence-corrected chi connectivity index (χ1v) is 8.38. The van der Waals surface area contributed by atoms with Crippen molar-refractivity contribution in [1.29, 1.82) is 5.26 Å². The van der Waals surface area contributed by atoms with E-state index in [1.54, 1.807) is 16.8 Å². The van der Waals surface area contributed by atoms with Crippen molar-refractivity contribution >= 4 is 28.8 Å². The van der Waals surface area contributed by atoms with E-state index in [2.05, 4.69) is 5.32 Å². The SMILES string of the molecule is N#CC(=Cc1cn(CC(=O)NCc2ccccc2)c2ccccc12)C(N)=O. The largest absolute Gasteiger partial charge is 0.365 e. The Morgan fingerprint density at radius 3 is 2.52 bits per heavy atom. The number of carbonyl (C=O) groups is 2. The molecule has 0 bridgehead atoms. The molecule has 3 aromatic rings.